The Kier molecular flexibility index (Phi) is 8.75. The third-order valence-electron chi connectivity index (χ3n) is 6.33. The van der Waals surface area contributed by atoms with Crippen molar-refractivity contribution in [1.82, 2.24) is 0 Å². The first-order chi connectivity index (χ1) is 14.6. The molecule has 0 fully saturated rings. The second kappa shape index (κ2) is 11.5. The highest BCUT2D eigenvalue weighted by atomic mass is 35.5. The number of allylic oxidation sites excluding steroid dienone is 3. The minimum Gasteiger partial charge on any atom is -0.205 e. The van der Waals surface area contributed by atoms with Crippen LogP contribution in [0.25, 0.3) is 16.7 Å². The summed E-state index contributed by atoms with van der Waals surface area (Å²) in [5.41, 5.74) is 4.98. The summed E-state index contributed by atoms with van der Waals surface area (Å²) in [5.74, 6) is 0.523. The highest BCUT2D eigenvalue weighted by Gasteiger charge is 2.16. The molecule has 1 aliphatic carbocycles. The molecule has 0 aromatic heterocycles. The zero-order valence-corrected chi connectivity index (χ0v) is 19.0. The van der Waals surface area contributed by atoms with Crippen LogP contribution < -0.4 is 0 Å². The van der Waals surface area contributed by atoms with E-state index in [1.54, 1.807) is 0 Å². The fourth-order valence-corrected chi connectivity index (χ4v) is 4.66. The molecule has 0 heterocycles. The molecule has 0 saturated heterocycles. The van der Waals surface area contributed by atoms with Gasteiger partial charge in [0.2, 0.25) is 0 Å². The van der Waals surface area contributed by atoms with Crippen LogP contribution in [0.2, 0.25) is 5.02 Å². The predicted octanol–water partition coefficient (Wildman–Crippen LogP) is 9.42. The van der Waals surface area contributed by atoms with E-state index in [0.29, 0.717) is 12.0 Å². The van der Waals surface area contributed by atoms with Crippen LogP contribution in [-0.4, -0.2) is 0 Å². The molecule has 0 saturated carbocycles. The van der Waals surface area contributed by atoms with E-state index in [1.807, 2.05) is 30.3 Å². The fraction of sp³-hybridized carbons (Fsp3) is 0.429. The van der Waals surface area contributed by atoms with E-state index in [1.165, 1.54) is 56.1 Å². The summed E-state index contributed by atoms with van der Waals surface area (Å²) >= 11 is 6.29. The smallest absolute Gasteiger partial charge is 0.149 e. The first-order valence-corrected chi connectivity index (χ1v) is 11.9. The predicted molar refractivity (Wildman–Crippen MR) is 129 cm³/mol. The van der Waals surface area contributed by atoms with Crippen LogP contribution in [0.1, 0.15) is 75.8 Å². The van der Waals surface area contributed by atoms with Crippen LogP contribution in [0.15, 0.2) is 55.1 Å². The maximum atomic E-state index is 14.9. The molecule has 0 aliphatic heterocycles. The van der Waals surface area contributed by atoms with E-state index in [2.05, 4.69) is 31.7 Å². The van der Waals surface area contributed by atoms with Crippen molar-refractivity contribution in [2.45, 2.75) is 71.1 Å². The number of rotatable bonds is 10. The number of halogens is 2. The molecule has 0 bridgehead atoms. The molecule has 3 rings (SSSR count). The first kappa shape index (κ1) is 22.8. The van der Waals surface area contributed by atoms with E-state index in [4.69, 9.17) is 11.6 Å². The normalized spacial score (nSPS) is 16.4. The van der Waals surface area contributed by atoms with E-state index < -0.39 is 0 Å². The van der Waals surface area contributed by atoms with Crippen LogP contribution in [0, 0.1) is 11.7 Å². The molecule has 2 aromatic rings. The second-order valence-electron chi connectivity index (χ2n) is 8.52. The number of benzene rings is 2. The number of hydrogen-bond donors (Lipinski definition) is 0. The van der Waals surface area contributed by atoms with Gasteiger partial charge in [-0.15, -0.1) is 6.58 Å². The molecular formula is C28H34ClF. The summed E-state index contributed by atoms with van der Waals surface area (Å²) in [6.07, 6.45) is 16.2. The lowest BCUT2D eigenvalue weighted by Gasteiger charge is -2.22. The largest absolute Gasteiger partial charge is 0.205 e. The van der Waals surface area contributed by atoms with Crippen LogP contribution in [0.5, 0.6) is 0 Å². The Labute approximate surface area is 186 Å². The topological polar surface area (TPSA) is 0 Å². The monoisotopic (exact) mass is 424 g/mol. The fourth-order valence-electron chi connectivity index (χ4n) is 4.40. The van der Waals surface area contributed by atoms with E-state index in [0.717, 1.165) is 29.9 Å². The van der Waals surface area contributed by atoms with Crippen LogP contribution in [0.3, 0.4) is 0 Å². The molecule has 0 spiro atoms. The van der Waals surface area contributed by atoms with Crippen molar-refractivity contribution >= 4 is 17.2 Å². The van der Waals surface area contributed by atoms with Gasteiger partial charge in [-0.1, -0.05) is 99.2 Å². The van der Waals surface area contributed by atoms with Crippen molar-refractivity contribution in [1.29, 1.82) is 0 Å². The SMILES string of the molecule is C=CCCc1ccc(-c2ccc(C3=CCC(CCCCCC)CC3)cc2)c(F)c1Cl. The molecule has 0 radical (unpaired) electrons. The number of aryl methyl sites for hydroxylation is 1. The summed E-state index contributed by atoms with van der Waals surface area (Å²) in [6, 6.07) is 12.1. The van der Waals surface area contributed by atoms with Crippen molar-refractivity contribution in [2.24, 2.45) is 5.92 Å². The van der Waals surface area contributed by atoms with E-state index >= 15 is 0 Å². The van der Waals surface area contributed by atoms with Crippen LogP contribution in [-0.2, 0) is 6.42 Å². The lowest BCUT2D eigenvalue weighted by atomic mass is 9.83. The molecule has 0 nitrogen and oxygen atoms in total. The van der Waals surface area contributed by atoms with Gasteiger partial charge < -0.3 is 0 Å². The van der Waals surface area contributed by atoms with Gasteiger partial charge in [-0.05, 0) is 60.3 Å². The highest BCUT2D eigenvalue weighted by molar-refractivity contribution is 6.31. The van der Waals surface area contributed by atoms with E-state index in [-0.39, 0.29) is 10.8 Å². The van der Waals surface area contributed by atoms with Gasteiger partial charge in [0.1, 0.15) is 5.82 Å². The Morgan fingerprint density at radius 1 is 1.07 bits per heavy atom. The molecule has 1 atom stereocenters. The van der Waals surface area contributed by atoms with Crippen molar-refractivity contribution in [3.8, 4) is 11.1 Å². The summed E-state index contributed by atoms with van der Waals surface area (Å²) in [4.78, 5) is 0. The molecule has 0 amide bonds. The van der Waals surface area contributed by atoms with Crippen molar-refractivity contribution in [3.63, 3.8) is 0 Å². The molecular weight excluding hydrogens is 391 g/mol. The first-order valence-electron chi connectivity index (χ1n) is 11.5. The zero-order chi connectivity index (χ0) is 21.3. The van der Waals surface area contributed by atoms with Gasteiger partial charge in [0.15, 0.2) is 0 Å². The van der Waals surface area contributed by atoms with Crippen molar-refractivity contribution in [3.05, 3.63) is 77.1 Å². The minimum absolute atomic E-state index is 0.235. The molecule has 0 N–H and O–H groups in total. The molecule has 1 unspecified atom stereocenters. The maximum Gasteiger partial charge on any atom is 0.149 e. The van der Waals surface area contributed by atoms with Crippen molar-refractivity contribution in [2.75, 3.05) is 0 Å². The summed E-state index contributed by atoms with van der Waals surface area (Å²) < 4.78 is 14.9. The summed E-state index contributed by atoms with van der Waals surface area (Å²) in [7, 11) is 0. The van der Waals surface area contributed by atoms with Gasteiger partial charge in [-0.25, -0.2) is 4.39 Å². The Hall–Kier alpha value is -1.86. The van der Waals surface area contributed by atoms with Gasteiger partial charge in [0.25, 0.3) is 0 Å². The lowest BCUT2D eigenvalue weighted by Crippen LogP contribution is -2.05. The van der Waals surface area contributed by atoms with Gasteiger partial charge in [0.05, 0.1) is 5.02 Å². The standard InChI is InChI=1S/C28H34ClF/c1-3-5-7-8-9-21-11-13-22(14-12-21)23-15-17-24(18-16-23)26-20-19-25(10-6-4-2)27(29)28(26)30/h4,13,15-21H,2-3,5-12,14H2,1H3. The van der Waals surface area contributed by atoms with Crippen molar-refractivity contribution < 1.29 is 4.39 Å². The maximum absolute atomic E-state index is 14.9. The average Bonchev–Trinajstić information content (AvgIpc) is 2.78. The second-order valence-corrected chi connectivity index (χ2v) is 8.90. The lowest BCUT2D eigenvalue weighted by molar-refractivity contribution is 0.425. The van der Waals surface area contributed by atoms with Gasteiger partial charge in [-0.3, -0.25) is 0 Å². The third kappa shape index (κ3) is 5.85. The van der Waals surface area contributed by atoms with Crippen LogP contribution >= 0.6 is 11.6 Å². The molecule has 1 aliphatic rings. The molecule has 2 heteroatoms. The molecule has 30 heavy (non-hydrogen) atoms. The number of unbranched alkanes of at least 4 members (excludes halogenated alkanes) is 3. The highest BCUT2D eigenvalue weighted by Crippen LogP contribution is 2.35. The third-order valence-corrected chi connectivity index (χ3v) is 6.74. The van der Waals surface area contributed by atoms with Crippen LogP contribution in [0.4, 0.5) is 4.39 Å². The zero-order valence-electron chi connectivity index (χ0n) is 18.2. The quantitative estimate of drug-likeness (QED) is 0.263. The Balaban J connectivity index is 1.65. The van der Waals surface area contributed by atoms with Gasteiger partial charge >= 0.3 is 0 Å². The average molecular weight is 425 g/mol. The van der Waals surface area contributed by atoms with Gasteiger partial charge in [-0.2, -0.15) is 0 Å². The Morgan fingerprint density at radius 3 is 2.50 bits per heavy atom. The Bertz CT molecular complexity index is 863. The molecule has 160 valence electrons. The van der Waals surface area contributed by atoms with Gasteiger partial charge in [0, 0.05) is 5.56 Å². The number of hydrogen-bond acceptors (Lipinski definition) is 0. The minimum atomic E-state index is -0.325. The Morgan fingerprint density at radius 2 is 1.83 bits per heavy atom. The summed E-state index contributed by atoms with van der Waals surface area (Å²) in [5, 5.41) is 0.235. The summed E-state index contributed by atoms with van der Waals surface area (Å²) in [6.45, 7) is 5.99. The molecule has 2 aromatic carbocycles. The van der Waals surface area contributed by atoms with E-state index in [9.17, 15) is 4.39 Å².